The van der Waals surface area contributed by atoms with Crippen molar-refractivity contribution in [2.24, 2.45) is 0 Å². The molecular weight excluding hydrogens is 961 g/mol. The van der Waals surface area contributed by atoms with E-state index in [2.05, 4.69) is 130 Å². The van der Waals surface area contributed by atoms with Crippen molar-refractivity contribution in [3.8, 4) is 0 Å². The first-order chi connectivity index (χ1) is 38.5. The lowest BCUT2D eigenvalue weighted by atomic mass is 10.0. The quantitative estimate of drug-likeness (QED) is 0.0261. The molecule has 0 saturated heterocycles. The molecule has 1 unspecified atom stereocenters. The first-order valence-electron chi connectivity index (χ1n) is 32.9. The van der Waals surface area contributed by atoms with Crippen molar-refractivity contribution in [3.63, 3.8) is 0 Å². The van der Waals surface area contributed by atoms with Gasteiger partial charge in [-0.15, -0.1) is 0 Å². The summed E-state index contributed by atoms with van der Waals surface area (Å²) < 4.78 is 16.9. The molecule has 6 nitrogen and oxygen atoms in total. The molecule has 0 spiro atoms. The third-order valence-corrected chi connectivity index (χ3v) is 14.0. The van der Waals surface area contributed by atoms with Gasteiger partial charge in [-0.2, -0.15) is 0 Å². The molecule has 6 heteroatoms. The van der Waals surface area contributed by atoms with Crippen LogP contribution in [0.15, 0.2) is 109 Å². The fourth-order valence-electron chi connectivity index (χ4n) is 9.10. The molecule has 0 aliphatic heterocycles. The predicted molar refractivity (Wildman–Crippen MR) is 339 cm³/mol. The van der Waals surface area contributed by atoms with Gasteiger partial charge in [-0.05, 0) is 109 Å². The zero-order valence-corrected chi connectivity index (χ0v) is 51.2. The van der Waals surface area contributed by atoms with Crippen molar-refractivity contribution >= 4 is 17.9 Å². The van der Waals surface area contributed by atoms with Crippen LogP contribution in [0.5, 0.6) is 0 Å². The molecule has 0 aromatic rings. The number of esters is 3. The van der Waals surface area contributed by atoms with Gasteiger partial charge in [0, 0.05) is 19.3 Å². The second-order valence-corrected chi connectivity index (χ2v) is 21.6. The molecule has 0 N–H and O–H groups in total. The molecule has 0 radical (unpaired) electrons. The zero-order valence-electron chi connectivity index (χ0n) is 51.2. The third-order valence-electron chi connectivity index (χ3n) is 14.0. The van der Waals surface area contributed by atoms with Crippen molar-refractivity contribution in [2.75, 3.05) is 13.2 Å². The molecular formula is C72H122O6. The molecule has 0 aliphatic carbocycles. The molecule has 1 atom stereocenters. The van der Waals surface area contributed by atoms with E-state index in [9.17, 15) is 14.4 Å². The molecule has 446 valence electrons. The van der Waals surface area contributed by atoms with Crippen LogP contribution in [0.2, 0.25) is 0 Å². The van der Waals surface area contributed by atoms with Crippen LogP contribution >= 0.6 is 0 Å². The van der Waals surface area contributed by atoms with E-state index in [-0.39, 0.29) is 31.1 Å². The number of rotatable bonds is 59. The van der Waals surface area contributed by atoms with E-state index in [1.54, 1.807) is 0 Å². The maximum absolute atomic E-state index is 12.9. The fraction of sp³-hybridized carbons (Fsp3) is 0.708. The molecule has 0 heterocycles. The first-order valence-corrected chi connectivity index (χ1v) is 32.9. The van der Waals surface area contributed by atoms with Gasteiger partial charge in [-0.3, -0.25) is 14.4 Å². The van der Waals surface area contributed by atoms with Crippen LogP contribution in [0.3, 0.4) is 0 Å². The van der Waals surface area contributed by atoms with Crippen LogP contribution in [0.25, 0.3) is 0 Å². The maximum Gasteiger partial charge on any atom is 0.306 e. The van der Waals surface area contributed by atoms with Gasteiger partial charge >= 0.3 is 17.9 Å². The van der Waals surface area contributed by atoms with Crippen LogP contribution in [0, 0.1) is 0 Å². The van der Waals surface area contributed by atoms with E-state index in [0.29, 0.717) is 19.3 Å². The molecule has 0 saturated carbocycles. The second kappa shape index (κ2) is 65.6. The summed E-state index contributed by atoms with van der Waals surface area (Å²) in [6.45, 7) is 6.51. The highest BCUT2D eigenvalue weighted by atomic mass is 16.6. The van der Waals surface area contributed by atoms with Gasteiger partial charge in [0.05, 0.1) is 0 Å². The zero-order chi connectivity index (χ0) is 56.4. The minimum Gasteiger partial charge on any atom is -0.462 e. The number of carbonyl (C=O) groups excluding carboxylic acids is 3. The lowest BCUT2D eigenvalue weighted by Crippen LogP contribution is -2.30. The first kappa shape index (κ1) is 74.1. The minimum absolute atomic E-state index is 0.0946. The Bertz CT molecular complexity index is 1570. The van der Waals surface area contributed by atoms with E-state index in [1.807, 2.05) is 0 Å². The summed E-state index contributed by atoms with van der Waals surface area (Å²) in [5.41, 5.74) is 0. The summed E-state index contributed by atoms with van der Waals surface area (Å²) >= 11 is 0. The van der Waals surface area contributed by atoms with Crippen LogP contribution < -0.4 is 0 Å². The third kappa shape index (κ3) is 62.9. The van der Waals surface area contributed by atoms with Gasteiger partial charge in [0.1, 0.15) is 13.2 Å². The van der Waals surface area contributed by atoms with Crippen molar-refractivity contribution < 1.29 is 28.6 Å². The van der Waals surface area contributed by atoms with E-state index < -0.39 is 6.10 Å². The normalized spacial score (nSPS) is 12.8. The highest BCUT2D eigenvalue weighted by Crippen LogP contribution is 2.16. The van der Waals surface area contributed by atoms with E-state index in [1.165, 1.54) is 154 Å². The Kier molecular flexibility index (Phi) is 62.3. The molecule has 0 amide bonds. The second-order valence-electron chi connectivity index (χ2n) is 21.6. The Morgan fingerprint density at radius 1 is 0.269 bits per heavy atom. The average molecular weight is 1080 g/mol. The van der Waals surface area contributed by atoms with E-state index in [0.717, 1.165) is 116 Å². The summed E-state index contributed by atoms with van der Waals surface area (Å²) in [7, 11) is 0. The summed E-state index contributed by atoms with van der Waals surface area (Å²) in [6, 6.07) is 0. The number of unbranched alkanes of at least 4 members (excludes halogenated alkanes) is 30. The average Bonchev–Trinajstić information content (AvgIpc) is 3.44. The van der Waals surface area contributed by atoms with Crippen LogP contribution in [-0.2, 0) is 28.6 Å². The van der Waals surface area contributed by atoms with Crippen molar-refractivity contribution in [1.29, 1.82) is 0 Å². The van der Waals surface area contributed by atoms with Crippen molar-refractivity contribution in [3.05, 3.63) is 109 Å². The van der Waals surface area contributed by atoms with Crippen LogP contribution in [0.1, 0.15) is 310 Å². The molecule has 0 fully saturated rings. The molecule has 0 bridgehead atoms. The SMILES string of the molecule is CC/C=C\C/C=C\C/C=C\C/C=C\C/C=C\C/C=C\C/C=C\C/C=C\CCCCC(=O)OCC(COC(=O)CCCCCCC/C=C\CCCCCCCC)OC(=O)CCCCCCCCCCCCCCCCCCCC. The molecule has 0 aromatic heterocycles. The molecule has 0 aromatic carbocycles. The largest absolute Gasteiger partial charge is 0.462 e. The highest BCUT2D eigenvalue weighted by molar-refractivity contribution is 5.71. The number of carbonyl (C=O) groups is 3. The fourth-order valence-corrected chi connectivity index (χ4v) is 9.10. The Labute approximate surface area is 482 Å². The summed E-state index contributed by atoms with van der Waals surface area (Å²) in [6.07, 6.45) is 89.5. The van der Waals surface area contributed by atoms with Crippen LogP contribution in [0.4, 0.5) is 0 Å². The number of ether oxygens (including phenoxy) is 3. The highest BCUT2D eigenvalue weighted by Gasteiger charge is 2.19. The molecule has 78 heavy (non-hydrogen) atoms. The van der Waals surface area contributed by atoms with Gasteiger partial charge in [-0.25, -0.2) is 0 Å². The Hall–Kier alpha value is -3.93. The van der Waals surface area contributed by atoms with Gasteiger partial charge < -0.3 is 14.2 Å². The lowest BCUT2D eigenvalue weighted by molar-refractivity contribution is -0.167. The smallest absolute Gasteiger partial charge is 0.306 e. The van der Waals surface area contributed by atoms with Gasteiger partial charge in [-0.1, -0.05) is 291 Å². The molecule has 0 rings (SSSR count). The molecule has 0 aliphatic rings. The topological polar surface area (TPSA) is 78.9 Å². The Morgan fingerprint density at radius 2 is 0.500 bits per heavy atom. The van der Waals surface area contributed by atoms with Crippen molar-refractivity contribution in [2.45, 2.75) is 316 Å². The van der Waals surface area contributed by atoms with E-state index in [4.69, 9.17) is 14.2 Å². The van der Waals surface area contributed by atoms with Crippen LogP contribution in [-0.4, -0.2) is 37.2 Å². The summed E-state index contributed by atoms with van der Waals surface area (Å²) in [5.74, 6) is -0.936. The lowest BCUT2D eigenvalue weighted by Gasteiger charge is -2.18. The summed E-state index contributed by atoms with van der Waals surface area (Å²) in [5, 5.41) is 0. The van der Waals surface area contributed by atoms with Crippen molar-refractivity contribution in [1.82, 2.24) is 0 Å². The number of hydrogen-bond donors (Lipinski definition) is 0. The van der Waals surface area contributed by atoms with Gasteiger partial charge in [0.25, 0.3) is 0 Å². The number of allylic oxidation sites excluding steroid dienone is 18. The monoisotopic (exact) mass is 1080 g/mol. The maximum atomic E-state index is 12.9. The Morgan fingerprint density at radius 3 is 0.821 bits per heavy atom. The number of hydrogen-bond acceptors (Lipinski definition) is 6. The van der Waals surface area contributed by atoms with Gasteiger partial charge in [0.15, 0.2) is 6.10 Å². The standard InChI is InChI=1S/C72H122O6/c1-4-7-10-13-16-19-22-25-28-30-32-33-34-35-36-37-38-39-40-42-44-47-50-53-56-59-62-65-71(74)77-68-69(67-76-70(73)64-61-58-55-52-49-46-43-27-24-21-18-15-12-9-6-3)78-72(75)66-63-60-57-54-51-48-45-41-31-29-26-23-20-17-14-11-8-5-2/h7,10,16,19,25,27-28,32-33,35-36,38-39,42-44,50,53,69H,4-6,8-9,11-15,17-18,20-24,26,29-31,34,37,40-41,45-49,51-52,54-68H2,1-3H3/b10-7-,19-16-,28-25-,33-32-,36-35-,39-38-,43-27-,44-42-,53-50-. The summed E-state index contributed by atoms with van der Waals surface area (Å²) in [4.78, 5) is 38.3. The predicted octanol–water partition coefficient (Wildman–Crippen LogP) is 22.6. The Balaban J connectivity index is 4.44. The van der Waals surface area contributed by atoms with E-state index >= 15 is 0 Å². The minimum atomic E-state index is -0.801. The van der Waals surface area contributed by atoms with Gasteiger partial charge in [0.2, 0.25) is 0 Å².